The number of aryl methyl sites for hydroxylation is 2. The summed E-state index contributed by atoms with van der Waals surface area (Å²) in [6.07, 6.45) is 1.73. The Morgan fingerprint density at radius 1 is 1.00 bits per heavy atom. The minimum atomic E-state index is -0.168. The number of carbonyl (C=O) groups excluding carboxylic acids is 1. The number of thiazole rings is 1. The standard InChI is InChI=1S/C26H27N3O3S/c1-5-31-21-11-10-19(15-22(21)32-6-2)25(30)29(16-20-9-7-8-12-27-20)26-28-24-18(4)13-17(3)14-23(24)33-26/h7-15H,5-6,16H2,1-4H3. The van der Waals surface area contributed by atoms with Crippen molar-refractivity contribution in [2.45, 2.75) is 34.2 Å². The second-order valence-corrected chi connectivity index (χ2v) is 8.67. The van der Waals surface area contributed by atoms with E-state index >= 15 is 0 Å². The minimum absolute atomic E-state index is 0.168. The molecule has 4 rings (SSSR count). The molecule has 0 aliphatic rings. The minimum Gasteiger partial charge on any atom is -0.490 e. The van der Waals surface area contributed by atoms with Crippen LogP contribution in [0.15, 0.2) is 54.7 Å². The number of aromatic nitrogens is 2. The Morgan fingerprint density at radius 2 is 1.79 bits per heavy atom. The molecule has 0 saturated heterocycles. The summed E-state index contributed by atoms with van der Waals surface area (Å²) in [7, 11) is 0. The molecule has 1 amide bonds. The number of nitrogens with zero attached hydrogens (tertiary/aromatic N) is 3. The molecule has 0 aliphatic carbocycles. The van der Waals surface area contributed by atoms with E-state index in [4.69, 9.17) is 14.5 Å². The number of amides is 1. The zero-order valence-electron chi connectivity index (χ0n) is 19.3. The maximum absolute atomic E-state index is 13.8. The van der Waals surface area contributed by atoms with Crippen LogP contribution in [0.1, 0.15) is 41.0 Å². The number of rotatable bonds is 8. The highest BCUT2D eigenvalue weighted by molar-refractivity contribution is 7.22. The van der Waals surface area contributed by atoms with Crippen LogP contribution >= 0.6 is 11.3 Å². The lowest BCUT2D eigenvalue weighted by Crippen LogP contribution is -2.30. The molecule has 0 saturated carbocycles. The van der Waals surface area contributed by atoms with Crippen LogP contribution in [0.3, 0.4) is 0 Å². The van der Waals surface area contributed by atoms with Crippen molar-refractivity contribution in [3.8, 4) is 11.5 Å². The Morgan fingerprint density at radius 3 is 2.52 bits per heavy atom. The summed E-state index contributed by atoms with van der Waals surface area (Å²) in [5.74, 6) is 1.01. The number of carbonyl (C=O) groups is 1. The monoisotopic (exact) mass is 461 g/mol. The second kappa shape index (κ2) is 10.0. The van der Waals surface area contributed by atoms with Crippen LogP contribution in [0.5, 0.6) is 11.5 Å². The quantitative estimate of drug-likeness (QED) is 0.324. The fraction of sp³-hybridized carbons (Fsp3) is 0.269. The smallest absolute Gasteiger partial charge is 0.260 e. The molecule has 6 nitrogen and oxygen atoms in total. The van der Waals surface area contributed by atoms with Gasteiger partial charge in [-0.15, -0.1) is 0 Å². The van der Waals surface area contributed by atoms with E-state index in [0.717, 1.165) is 21.5 Å². The molecule has 170 valence electrons. The van der Waals surface area contributed by atoms with Gasteiger partial charge in [-0.2, -0.15) is 0 Å². The molecule has 0 atom stereocenters. The molecule has 0 radical (unpaired) electrons. The van der Waals surface area contributed by atoms with Crippen LogP contribution in [-0.2, 0) is 6.54 Å². The summed E-state index contributed by atoms with van der Waals surface area (Å²) in [6.45, 7) is 9.25. The summed E-state index contributed by atoms with van der Waals surface area (Å²) in [5, 5.41) is 0.640. The number of hydrogen-bond donors (Lipinski definition) is 0. The van der Waals surface area contributed by atoms with Gasteiger partial charge < -0.3 is 9.47 Å². The first-order chi connectivity index (χ1) is 16.0. The van der Waals surface area contributed by atoms with E-state index in [0.29, 0.717) is 42.0 Å². The molecule has 0 fully saturated rings. The van der Waals surface area contributed by atoms with Gasteiger partial charge in [0.25, 0.3) is 5.91 Å². The van der Waals surface area contributed by atoms with Gasteiger partial charge in [-0.3, -0.25) is 14.7 Å². The van der Waals surface area contributed by atoms with Crippen molar-refractivity contribution < 1.29 is 14.3 Å². The predicted molar refractivity (Wildman–Crippen MR) is 133 cm³/mol. The van der Waals surface area contributed by atoms with Gasteiger partial charge in [0, 0.05) is 11.8 Å². The third-order valence-corrected chi connectivity index (χ3v) is 6.16. The van der Waals surface area contributed by atoms with Gasteiger partial charge in [0.1, 0.15) is 0 Å². The average Bonchev–Trinajstić information content (AvgIpc) is 3.23. The molecule has 7 heteroatoms. The number of hydrogen-bond acceptors (Lipinski definition) is 6. The van der Waals surface area contributed by atoms with E-state index in [9.17, 15) is 4.79 Å². The molecule has 0 bridgehead atoms. The Hall–Kier alpha value is -3.45. The molecular weight excluding hydrogens is 434 g/mol. The van der Waals surface area contributed by atoms with Gasteiger partial charge >= 0.3 is 0 Å². The van der Waals surface area contributed by atoms with Crippen LogP contribution in [0.4, 0.5) is 5.13 Å². The summed E-state index contributed by atoms with van der Waals surface area (Å²) < 4.78 is 12.5. The van der Waals surface area contributed by atoms with Gasteiger partial charge in [-0.25, -0.2) is 4.98 Å². The fourth-order valence-corrected chi connectivity index (χ4v) is 4.83. The SMILES string of the molecule is CCOc1ccc(C(=O)N(Cc2ccccn2)c2nc3c(C)cc(C)cc3s2)cc1OCC. The molecule has 0 N–H and O–H groups in total. The fourth-order valence-electron chi connectivity index (χ4n) is 3.69. The van der Waals surface area contributed by atoms with Crippen molar-refractivity contribution in [3.63, 3.8) is 0 Å². The molecule has 0 spiro atoms. The highest BCUT2D eigenvalue weighted by Crippen LogP contribution is 2.34. The molecule has 33 heavy (non-hydrogen) atoms. The number of fused-ring (bicyclic) bond motifs is 1. The lowest BCUT2D eigenvalue weighted by molar-refractivity contribution is 0.0984. The first-order valence-corrected chi connectivity index (χ1v) is 11.8. The zero-order chi connectivity index (χ0) is 23.4. The molecule has 2 heterocycles. The first-order valence-electron chi connectivity index (χ1n) is 11.0. The Balaban J connectivity index is 1.77. The Kier molecular flexibility index (Phi) is 6.89. The van der Waals surface area contributed by atoms with Crippen molar-refractivity contribution in [3.05, 3.63) is 77.1 Å². The van der Waals surface area contributed by atoms with Crippen molar-refractivity contribution >= 4 is 32.6 Å². The van der Waals surface area contributed by atoms with Crippen LogP contribution < -0.4 is 14.4 Å². The third-order valence-electron chi connectivity index (χ3n) is 5.13. The van der Waals surface area contributed by atoms with Crippen molar-refractivity contribution in [2.75, 3.05) is 18.1 Å². The van der Waals surface area contributed by atoms with E-state index in [1.165, 1.54) is 16.9 Å². The summed E-state index contributed by atoms with van der Waals surface area (Å²) in [5.41, 5.74) is 4.48. The van der Waals surface area contributed by atoms with E-state index in [2.05, 4.69) is 24.0 Å². The van der Waals surface area contributed by atoms with Crippen molar-refractivity contribution in [1.29, 1.82) is 0 Å². The van der Waals surface area contributed by atoms with Gasteiger partial charge in [0.2, 0.25) is 0 Å². The van der Waals surface area contributed by atoms with Crippen LogP contribution in [0, 0.1) is 13.8 Å². The van der Waals surface area contributed by atoms with E-state index < -0.39 is 0 Å². The molecule has 0 aliphatic heterocycles. The highest BCUT2D eigenvalue weighted by Gasteiger charge is 2.24. The van der Waals surface area contributed by atoms with E-state index in [-0.39, 0.29) is 5.91 Å². The maximum atomic E-state index is 13.8. The summed E-state index contributed by atoms with van der Waals surface area (Å²) in [4.78, 5) is 24.7. The van der Waals surface area contributed by atoms with Gasteiger partial charge in [0.05, 0.1) is 35.7 Å². The predicted octanol–water partition coefficient (Wildman–Crippen LogP) is 5.95. The van der Waals surface area contributed by atoms with Crippen molar-refractivity contribution in [1.82, 2.24) is 9.97 Å². The summed E-state index contributed by atoms with van der Waals surface area (Å²) in [6, 6.07) is 15.2. The molecule has 4 aromatic rings. The molecule has 2 aromatic carbocycles. The number of pyridine rings is 1. The largest absolute Gasteiger partial charge is 0.490 e. The highest BCUT2D eigenvalue weighted by atomic mass is 32.1. The maximum Gasteiger partial charge on any atom is 0.260 e. The van der Waals surface area contributed by atoms with Gasteiger partial charge in [-0.1, -0.05) is 23.5 Å². The number of benzene rings is 2. The van der Waals surface area contributed by atoms with Gasteiger partial charge in [0.15, 0.2) is 16.6 Å². The van der Waals surface area contributed by atoms with Gasteiger partial charge in [-0.05, 0) is 75.2 Å². The second-order valence-electron chi connectivity index (χ2n) is 7.66. The van der Waals surface area contributed by atoms with Crippen LogP contribution in [-0.4, -0.2) is 29.1 Å². The first kappa shape index (κ1) is 22.7. The van der Waals surface area contributed by atoms with Crippen LogP contribution in [0.25, 0.3) is 10.2 Å². The number of ether oxygens (including phenoxy) is 2. The lowest BCUT2D eigenvalue weighted by Gasteiger charge is -2.20. The average molecular weight is 462 g/mol. The lowest BCUT2D eigenvalue weighted by atomic mass is 10.1. The van der Waals surface area contributed by atoms with E-state index in [1.807, 2.05) is 39.0 Å². The normalized spacial score (nSPS) is 10.9. The zero-order valence-corrected chi connectivity index (χ0v) is 20.1. The third kappa shape index (κ3) is 4.98. The van der Waals surface area contributed by atoms with E-state index in [1.54, 1.807) is 29.3 Å². The molecule has 0 unspecified atom stereocenters. The van der Waals surface area contributed by atoms with Crippen LogP contribution in [0.2, 0.25) is 0 Å². The molecule has 2 aromatic heterocycles. The Bertz CT molecular complexity index is 1270. The Labute approximate surface area is 197 Å². The van der Waals surface area contributed by atoms with Crippen molar-refractivity contribution in [2.24, 2.45) is 0 Å². The summed E-state index contributed by atoms with van der Waals surface area (Å²) >= 11 is 1.51. The topological polar surface area (TPSA) is 64.5 Å². The number of anilines is 1. The molecular formula is C26H27N3O3S.